The molecule has 0 saturated carbocycles. The van der Waals surface area contributed by atoms with Gasteiger partial charge in [-0.05, 0) is 32.9 Å². The van der Waals surface area contributed by atoms with Crippen LogP contribution in [0.25, 0.3) is 23.2 Å². The molecule has 0 radical (unpaired) electrons. The van der Waals surface area contributed by atoms with E-state index in [2.05, 4.69) is 20.1 Å². The molecule has 0 atom stereocenters. The summed E-state index contributed by atoms with van der Waals surface area (Å²) in [6.45, 7) is 5.96. The van der Waals surface area contributed by atoms with E-state index in [9.17, 15) is 4.79 Å². The van der Waals surface area contributed by atoms with Gasteiger partial charge in [0, 0.05) is 10.9 Å². The van der Waals surface area contributed by atoms with Crippen molar-refractivity contribution in [1.82, 2.24) is 24.7 Å². The third kappa shape index (κ3) is 2.52. The minimum atomic E-state index is -0.174. The maximum Gasteiger partial charge on any atom is 0.262 e. The molecule has 21 heavy (non-hydrogen) atoms. The minimum absolute atomic E-state index is 0.150. The Morgan fingerprint density at radius 1 is 1.38 bits per heavy atom. The molecule has 0 aliphatic carbocycles. The van der Waals surface area contributed by atoms with Crippen LogP contribution in [0.3, 0.4) is 0 Å². The van der Waals surface area contributed by atoms with Crippen molar-refractivity contribution in [2.45, 2.75) is 26.8 Å². The van der Waals surface area contributed by atoms with Crippen LogP contribution in [0.1, 0.15) is 36.3 Å². The second-order valence-corrected chi connectivity index (χ2v) is 5.89. The molecule has 3 aromatic rings. The van der Waals surface area contributed by atoms with E-state index >= 15 is 0 Å². The van der Waals surface area contributed by atoms with Gasteiger partial charge >= 0.3 is 0 Å². The smallest absolute Gasteiger partial charge is 0.262 e. The molecule has 0 bridgehead atoms. The van der Waals surface area contributed by atoms with E-state index in [1.54, 1.807) is 33.8 Å². The Kier molecular flexibility index (Phi) is 3.42. The number of aromatic nitrogens is 5. The molecule has 3 heterocycles. The number of aryl methyl sites for hydroxylation is 1. The summed E-state index contributed by atoms with van der Waals surface area (Å²) in [4.78, 5) is 24.6. The first-order valence-corrected chi connectivity index (χ1v) is 7.50. The molecule has 7 heteroatoms. The van der Waals surface area contributed by atoms with Crippen LogP contribution in [0, 0.1) is 6.92 Å². The Hall–Kier alpha value is -2.28. The second-order valence-electron chi connectivity index (χ2n) is 5.01. The number of hydrogen-bond donors (Lipinski definition) is 1. The monoisotopic (exact) mass is 301 g/mol. The van der Waals surface area contributed by atoms with E-state index in [1.165, 1.54) is 0 Å². The molecule has 108 valence electrons. The maximum atomic E-state index is 12.1. The quantitative estimate of drug-likeness (QED) is 0.807. The zero-order valence-electron chi connectivity index (χ0n) is 12.0. The number of hydrogen-bond acceptors (Lipinski definition) is 5. The van der Waals surface area contributed by atoms with Crippen molar-refractivity contribution in [3.8, 4) is 0 Å². The summed E-state index contributed by atoms with van der Waals surface area (Å²) in [7, 11) is 0. The molecular weight excluding hydrogens is 286 g/mol. The lowest BCUT2D eigenvalue weighted by atomic mass is 10.3. The fraction of sp³-hybridized carbons (Fsp3) is 0.286. The second kappa shape index (κ2) is 5.25. The van der Waals surface area contributed by atoms with Crippen molar-refractivity contribution in [2.75, 3.05) is 0 Å². The number of fused-ring (bicyclic) bond motifs is 1. The SMILES string of the molecule is Cc1ncsc1/C=C/c1nc2c(cnn2C(C)C)c(=O)[nH]1. The molecule has 0 unspecified atom stereocenters. The van der Waals surface area contributed by atoms with Crippen molar-refractivity contribution in [2.24, 2.45) is 0 Å². The van der Waals surface area contributed by atoms with Crippen molar-refractivity contribution in [3.63, 3.8) is 0 Å². The highest BCUT2D eigenvalue weighted by molar-refractivity contribution is 7.10. The predicted octanol–water partition coefficient (Wildman–Crippen LogP) is 2.64. The molecular formula is C14H15N5OS. The van der Waals surface area contributed by atoms with E-state index < -0.39 is 0 Å². The summed E-state index contributed by atoms with van der Waals surface area (Å²) in [5.74, 6) is 0.516. The van der Waals surface area contributed by atoms with Gasteiger partial charge in [0.15, 0.2) is 5.65 Å². The average Bonchev–Trinajstić information content (AvgIpc) is 3.02. The summed E-state index contributed by atoms with van der Waals surface area (Å²) in [5.41, 5.74) is 3.19. The molecule has 1 N–H and O–H groups in total. The first-order valence-electron chi connectivity index (χ1n) is 6.62. The van der Waals surface area contributed by atoms with E-state index in [-0.39, 0.29) is 11.6 Å². The highest BCUT2D eigenvalue weighted by Crippen LogP contribution is 2.16. The lowest BCUT2D eigenvalue weighted by molar-refractivity contribution is 0.546. The normalized spacial score (nSPS) is 12.0. The van der Waals surface area contributed by atoms with E-state index in [4.69, 9.17) is 0 Å². The van der Waals surface area contributed by atoms with Gasteiger partial charge in [0.25, 0.3) is 5.56 Å². The largest absolute Gasteiger partial charge is 0.306 e. The number of rotatable bonds is 3. The van der Waals surface area contributed by atoms with Crippen LogP contribution in [0.2, 0.25) is 0 Å². The van der Waals surface area contributed by atoms with E-state index in [0.717, 1.165) is 10.6 Å². The number of nitrogens with one attached hydrogen (secondary N) is 1. The van der Waals surface area contributed by atoms with Crippen LogP contribution in [-0.2, 0) is 0 Å². The van der Waals surface area contributed by atoms with Gasteiger partial charge in [-0.2, -0.15) is 5.10 Å². The Morgan fingerprint density at radius 3 is 2.86 bits per heavy atom. The molecule has 0 amide bonds. The number of H-pyrrole nitrogens is 1. The van der Waals surface area contributed by atoms with Gasteiger partial charge in [0.05, 0.1) is 17.4 Å². The Balaban J connectivity index is 2.07. The zero-order chi connectivity index (χ0) is 15.0. The Labute approximate surface area is 125 Å². The van der Waals surface area contributed by atoms with Gasteiger partial charge in [0.1, 0.15) is 11.2 Å². The van der Waals surface area contributed by atoms with Crippen LogP contribution in [0.4, 0.5) is 0 Å². The Bertz CT molecular complexity index is 871. The fourth-order valence-electron chi connectivity index (χ4n) is 2.04. The van der Waals surface area contributed by atoms with Crippen LogP contribution in [0.5, 0.6) is 0 Å². The van der Waals surface area contributed by atoms with Crippen LogP contribution in [-0.4, -0.2) is 24.7 Å². The zero-order valence-corrected chi connectivity index (χ0v) is 12.8. The van der Waals surface area contributed by atoms with Crippen molar-refractivity contribution < 1.29 is 0 Å². The van der Waals surface area contributed by atoms with E-state index in [0.29, 0.717) is 16.9 Å². The van der Waals surface area contributed by atoms with E-state index in [1.807, 2.05) is 26.8 Å². The highest BCUT2D eigenvalue weighted by Gasteiger charge is 2.11. The Morgan fingerprint density at radius 2 is 2.19 bits per heavy atom. The summed E-state index contributed by atoms with van der Waals surface area (Å²) < 4.78 is 1.75. The number of thiazole rings is 1. The van der Waals surface area contributed by atoms with Gasteiger partial charge in [-0.3, -0.25) is 4.79 Å². The first-order chi connectivity index (χ1) is 10.1. The highest BCUT2D eigenvalue weighted by atomic mass is 32.1. The van der Waals surface area contributed by atoms with Crippen LogP contribution in [0.15, 0.2) is 16.5 Å². The molecule has 0 fully saturated rings. The number of nitrogens with zero attached hydrogens (tertiary/aromatic N) is 4. The summed E-state index contributed by atoms with van der Waals surface area (Å²) in [6.07, 6.45) is 5.26. The van der Waals surface area contributed by atoms with Crippen molar-refractivity contribution >= 4 is 34.5 Å². The predicted molar refractivity (Wildman–Crippen MR) is 84.3 cm³/mol. The van der Waals surface area contributed by atoms with Gasteiger partial charge in [0.2, 0.25) is 0 Å². The van der Waals surface area contributed by atoms with Crippen molar-refractivity contribution in [3.05, 3.63) is 38.5 Å². The summed E-state index contributed by atoms with van der Waals surface area (Å²) in [6, 6.07) is 0.150. The van der Waals surface area contributed by atoms with Gasteiger partial charge in [-0.1, -0.05) is 0 Å². The van der Waals surface area contributed by atoms with Crippen LogP contribution >= 0.6 is 11.3 Å². The third-order valence-electron chi connectivity index (χ3n) is 3.15. The lowest BCUT2D eigenvalue weighted by Crippen LogP contribution is -2.11. The fourth-order valence-corrected chi connectivity index (χ4v) is 2.73. The van der Waals surface area contributed by atoms with Crippen molar-refractivity contribution in [1.29, 1.82) is 0 Å². The molecule has 0 aliphatic rings. The standard InChI is InChI=1S/C14H15N5OS/c1-8(2)19-13-10(6-16-19)14(20)18-12(17-13)5-4-11-9(3)15-7-21-11/h4-8H,1-3H3,(H,17,18,20)/b5-4+. The topological polar surface area (TPSA) is 76.5 Å². The third-order valence-corrected chi connectivity index (χ3v) is 4.04. The van der Waals surface area contributed by atoms with Gasteiger partial charge < -0.3 is 4.98 Å². The summed E-state index contributed by atoms with van der Waals surface area (Å²) >= 11 is 1.55. The lowest BCUT2D eigenvalue weighted by Gasteiger charge is -2.05. The number of aromatic amines is 1. The molecule has 3 aromatic heterocycles. The molecule has 3 rings (SSSR count). The van der Waals surface area contributed by atoms with Gasteiger partial charge in [-0.15, -0.1) is 11.3 Å². The minimum Gasteiger partial charge on any atom is -0.306 e. The average molecular weight is 301 g/mol. The van der Waals surface area contributed by atoms with Crippen LogP contribution < -0.4 is 5.56 Å². The molecule has 0 saturated heterocycles. The maximum absolute atomic E-state index is 12.1. The van der Waals surface area contributed by atoms with Gasteiger partial charge in [-0.25, -0.2) is 14.6 Å². The molecule has 0 aromatic carbocycles. The summed E-state index contributed by atoms with van der Waals surface area (Å²) in [5, 5.41) is 4.73. The first kappa shape index (κ1) is 13.7. The molecule has 0 spiro atoms. The molecule has 0 aliphatic heterocycles. The molecule has 6 nitrogen and oxygen atoms in total.